The number of nitrogens with zero attached hydrogens (tertiary/aromatic N) is 3. The number of methoxy groups -OCH3 is 1. The molecule has 2 fully saturated rings. The lowest BCUT2D eigenvalue weighted by molar-refractivity contribution is -0.181. The van der Waals surface area contributed by atoms with E-state index in [1.165, 1.54) is 0 Å². The second-order valence-electron chi connectivity index (χ2n) is 7.14. The largest absolute Gasteiger partial charge is 0.496 e. The van der Waals surface area contributed by atoms with Crippen molar-refractivity contribution >= 4 is 5.91 Å². The Hall–Kier alpha value is -2.38. The fourth-order valence-electron chi connectivity index (χ4n) is 3.84. The Morgan fingerprint density at radius 2 is 1.89 bits per heavy atom. The minimum Gasteiger partial charge on any atom is -0.496 e. The Morgan fingerprint density at radius 1 is 1.19 bits per heavy atom. The Morgan fingerprint density at radius 3 is 2.56 bits per heavy atom. The van der Waals surface area contributed by atoms with Crippen LogP contribution in [0.15, 0.2) is 24.3 Å². The SMILES string of the molecule is COc1ccc(C)cc1-c1cc(C(=O)N2CCC3(CC2)OCCO3)nn1C. The summed E-state index contributed by atoms with van der Waals surface area (Å²) < 4.78 is 18.7. The third-order valence-electron chi connectivity index (χ3n) is 5.36. The molecule has 27 heavy (non-hydrogen) atoms. The Kier molecular flexibility index (Phi) is 4.65. The summed E-state index contributed by atoms with van der Waals surface area (Å²) in [5, 5.41) is 4.46. The van der Waals surface area contributed by atoms with Crippen molar-refractivity contribution in [3.05, 3.63) is 35.5 Å². The fraction of sp³-hybridized carbons (Fsp3) is 0.500. The van der Waals surface area contributed by atoms with E-state index in [1.54, 1.807) is 11.8 Å². The molecule has 7 nitrogen and oxygen atoms in total. The van der Waals surface area contributed by atoms with Crippen LogP contribution in [0.25, 0.3) is 11.3 Å². The van der Waals surface area contributed by atoms with Crippen molar-refractivity contribution in [1.29, 1.82) is 0 Å². The average Bonchev–Trinajstić information content (AvgIpc) is 3.29. The molecule has 0 saturated carbocycles. The molecule has 4 rings (SSSR count). The van der Waals surface area contributed by atoms with Gasteiger partial charge in [-0.2, -0.15) is 5.10 Å². The van der Waals surface area contributed by atoms with Crippen LogP contribution in [0.3, 0.4) is 0 Å². The number of likely N-dealkylation sites (tertiary alicyclic amines) is 1. The van der Waals surface area contributed by atoms with Gasteiger partial charge in [-0.05, 0) is 25.1 Å². The van der Waals surface area contributed by atoms with Gasteiger partial charge in [0.25, 0.3) is 5.91 Å². The number of benzene rings is 1. The standard InChI is InChI=1S/C20H25N3O4/c1-14-4-5-18(25-3)15(12-14)17-13-16(21-22(17)2)19(24)23-8-6-20(7-9-23)26-10-11-27-20/h4-5,12-13H,6-11H2,1-3H3. The summed E-state index contributed by atoms with van der Waals surface area (Å²) in [6.07, 6.45) is 1.40. The van der Waals surface area contributed by atoms with Crippen LogP contribution in [0.1, 0.15) is 28.9 Å². The van der Waals surface area contributed by atoms with Gasteiger partial charge in [0.1, 0.15) is 5.75 Å². The monoisotopic (exact) mass is 371 g/mol. The molecule has 1 spiro atoms. The van der Waals surface area contributed by atoms with Crippen LogP contribution in [0.2, 0.25) is 0 Å². The van der Waals surface area contributed by atoms with Gasteiger partial charge in [-0.1, -0.05) is 11.6 Å². The van der Waals surface area contributed by atoms with Gasteiger partial charge in [0.05, 0.1) is 26.0 Å². The van der Waals surface area contributed by atoms with Crippen molar-refractivity contribution in [3.63, 3.8) is 0 Å². The molecular weight excluding hydrogens is 346 g/mol. The predicted octanol–water partition coefficient (Wildman–Crippen LogP) is 2.38. The molecule has 3 heterocycles. The van der Waals surface area contributed by atoms with Crippen LogP contribution in [0.5, 0.6) is 5.75 Å². The van der Waals surface area contributed by atoms with E-state index in [1.807, 2.05) is 43.1 Å². The number of ether oxygens (including phenoxy) is 3. The molecule has 144 valence electrons. The van der Waals surface area contributed by atoms with Gasteiger partial charge >= 0.3 is 0 Å². The van der Waals surface area contributed by atoms with Crippen LogP contribution < -0.4 is 4.74 Å². The molecule has 1 aromatic heterocycles. The molecule has 0 bridgehead atoms. The van der Waals surface area contributed by atoms with E-state index >= 15 is 0 Å². The lowest BCUT2D eigenvalue weighted by atomic mass is 10.0. The summed E-state index contributed by atoms with van der Waals surface area (Å²) >= 11 is 0. The summed E-state index contributed by atoms with van der Waals surface area (Å²) in [7, 11) is 3.49. The molecule has 2 saturated heterocycles. The predicted molar refractivity (Wildman–Crippen MR) is 99.7 cm³/mol. The zero-order chi connectivity index (χ0) is 19.0. The molecule has 1 amide bonds. The smallest absolute Gasteiger partial charge is 0.274 e. The summed E-state index contributed by atoms with van der Waals surface area (Å²) in [6, 6.07) is 7.82. The first-order chi connectivity index (χ1) is 13.0. The van der Waals surface area contributed by atoms with E-state index in [-0.39, 0.29) is 5.91 Å². The van der Waals surface area contributed by atoms with E-state index in [0.29, 0.717) is 44.8 Å². The van der Waals surface area contributed by atoms with Gasteiger partial charge < -0.3 is 19.1 Å². The molecule has 0 radical (unpaired) electrons. The Labute approximate surface area is 158 Å². The Bertz CT molecular complexity index is 845. The summed E-state index contributed by atoms with van der Waals surface area (Å²) in [6.45, 7) is 4.52. The van der Waals surface area contributed by atoms with Crippen molar-refractivity contribution in [3.8, 4) is 17.0 Å². The van der Waals surface area contributed by atoms with Crippen molar-refractivity contribution in [2.45, 2.75) is 25.6 Å². The molecule has 2 aromatic rings. The number of hydrogen-bond acceptors (Lipinski definition) is 5. The average molecular weight is 371 g/mol. The molecular formula is C20H25N3O4. The van der Waals surface area contributed by atoms with Crippen molar-refractivity contribution < 1.29 is 19.0 Å². The number of aromatic nitrogens is 2. The lowest BCUT2D eigenvalue weighted by Gasteiger charge is -2.37. The van der Waals surface area contributed by atoms with Crippen molar-refractivity contribution in [2.75, 3.05) is 33.4 Å². The second kappa shape index (κ2) is 6.98. The maximum absolute atomic E-state index is 13.0. The number of carbonyl (C=O) groups excluding carboxylic acids is 1. The van der Waals surface area contributed by atoms with E-state index in [9.17, 15) is 4.79 Å². The second-order valence-corrected chi connectivity index (χ2v) is 7.14. The zero-order valence-electron chi connectivity index (χ0n) is 16.0. The summed E-state index contributed by atoms with van der Waals surface area (Å²) in [4.78, 5) is 14.8. The van der Waals surface area contributed by atoms with Crippen LogP contribution in [0, 0.1) is 6.92 Å². The van der Waals surface area contributed by atoms with Crippen molar-refractivity contribution in [2.24, 2.45) is 7.05 Å². The van der Waals surface area contributed by atoms with Crippen LogP contribution >= 0.6 is 0 Å². The highest BCUT2D eigenvalue weighted by Crippen LogP contribution is 2.33. The van der Waals surface area contributed by atoms with E-state index < -0.39 is 5.79 Å². The lowest BCUT2D eigenvalue weighted by Crippen LogP contribution is -2.47. The third-order valence-corrected chi connectivity index (χ3v) is 5.36. The molecule has 0 aliphatic carbocycles. The van der Waals surface area contributed by atoms with Gasteiger partial charge in [-0.3, -0.25) is 9.48 Å². The molecule has 7 heteroatoms. The maximum atomic E-state index is 13.0. The first-order valence-electron chi connectivity index (χ1n) is 9.28. The first-order valence-corrected chi connectivity index (χ1v) is 9.28. The van der Waals surface area contributed by atoms with Gasteiger partial charge in [-0.15, -0.1) is 0 Å². The molecule has 0 atom stereocenters. The van der Waals surface area contributed by atoms with Crippen LogP contribution in [-0.4, -0.2) is 59.8 Å². The third kappa shape index (κ3) is 3.33. The van der Waals surface area contributed by atoms with E-state index in [4.69, 9.17) is 14.2 Å². The highest BCUT2D eigenvalue weighted by molar-refractivity contribution is 5.93. The van der Waals surface area contributed by atoms with Crippen molar-refractivity contribution in [1.82, 2.24) is 14.7 Å². The van der Waals surface area contributed by atoms with Gasteiger partial charge in [0.15, 0.2) is 11.5 Å². The van der Waals surface area contributed by atoms with Gasteiger partial charge in [-0.25, -0.2) is 0 Å². The summed E-state index contributed by atoms with van der Waals surface area (Å²) in [5.74, 6) is 0.218. The minimum atomic E-state index is -0.485. The molecule has 2 aliphatic rings. The number of rotatable bonds is 3. The number of hydrogen-bond donors (Lipinski definition) is 0. The summed E-state index contributed by atoms with van der Waals surface area (Å²) in [5.41, 5.74) is 3.35. The van der Waals surface area contributed by atoms with Crippen LogP contribution in [0.4, 0.5) is 0 Å². The highest BCUT2D eigenvalue weighted by Gasteiger charge is 2.41. The zero-order valence-corrected chi connectivity index (χ0v) is 16.0. The fourth-order valence-corrected chi connectivity index (χ4v) is 3.84. The molecule has 1 aromatic carbocycles. The number of amides is 1. The normalized spacial score (nSPS) is 18.9. The molecule has 0 unspecified atom stereocenters. The van der Waals surface area contributed by atoms with E-state index in [0.717, 1.165) is 22.6 Å². The van der Waals surface area contributed by atoms with Gasteiger partial charge in [0.2, 0.25) is 0 Å². The molecule has 2 aliphatic heterocycles. The highest BCUT2D eigenvalue weighted by atomic mass is 16.7. The number of piperidine rings is 1. The maximum Gasteiger partial charge on any atom is 0.274 e. The van der Waals surface area contributed by atoms with Crippen LogP contribution in [-0.2, 0) is 16.5 Å². The topological polar surface area (TPSA) is 65.8 Å². The first kappa shape index (κ1) is 18.0. The quantitative estimate of drug-likeness (QED) is 0.829. The molecule has 0 N–H and O–H groups in total. The Balaban J connectivity index is 1.55. The van der Waals surface area contributed by atoms with Gasteiger partial charge in [0, 0.05) is 38.5 Å². The number of carbonyl (C=O) groups is 1. The number of aryl methyl sites for hydroxylation is 2. The minimum absolute atomic E-state index is 0.0590. The van der Waals surface area contributed by atoms with E-state index in [2.05, 4.69) is 5.10 Å².